The number of hydrogen-bond donors (Lipinski definition) is 1. The molecule has 32 heavy (non-hydrogen) atoms. The van der Waals surface area contributed by atoms with Crippen LogP contribution in [0.5, 0.6) is 11.5 Å². The highest BCUT2D eigenvalue weighted by Gasteiger charge is 2.12. The number of amides is 1. The Hall–Kier alpha value is -3.94. The molecule has 1 amide bonds. The molecule has 6 nitrogen and oxygen atoms in total. The lowest BCUT2D eigenvalue weighted by Gasteiger charge is -2.12. The summed E-state index contributed by atoms with van der Waals surface area (Å²) in [5.41, 5.74) is 4.17. The maximum Gasteiger partial charge on any atom is 0.387 e. The SMILES string of the molecule is COc1cc(CCNC(=O)c2ccc(-n3cnc4ccccc43)cc2)ccc1OC(F)F. The Morgan fingerprint density at radius 1 is 1.06 bits per heavy atom. The molecule has 0 spiro atoms. The van der Waals surface area contributed by atoms with Gasteiger partial charge in [0.25, 0.3) is 5.91 Å². The van der Waals surface area contributed by atoms with Crippen LogP contribution in [0, 0.1) is 0 Å². The van der Waals surface area contributed by atoms with Crippen LogP contribution in [0.1, 0.15) is 15.9 Å². The number of rotatable bonds is 8. The number of benzene rings is 3. The van der Waals surface area contributed by atoms with Crippen molar-refractivity contribution >= 4 is 16.9 Å². The number of imidazole rings is 1. The molecule has 3 aromatic carbocycles. The number of aromatic nitrogens is 2. The average Bonchev–Trinajstić information content (AvgIpc) is 3.24. The Labute approximate surface area is 183 Å². The maximum absolute atomic E-state index is 12.5. The number of halogens is 2. The van der Waals surface area contributed by atoms with Gasteiger partial charge < -0.3 is 14.8 Å². The lowest BCUT2D eigenvalue weighted by atomic mass is 10.1. The third-order valence-electron chi connectivity index (χ3n) is 5.00. The zero-order valence-corrected chi connectivity index (χ0v) is 17.3. The summed E-state index contributed by atoms with van der Waals surface area (Å²) in [6, 6.07) is 19.8. The van der Waals surface area contributed by atoms with Crippen LogP contribution in [-0.4, -0.2) is 35.7 Å². The first kappa shape index (κ1) is 21.3. The normalized spacial score (nSPS) is 11.0. The standard InChI is InChI=1S/C24H21F2N3O3/c1-31-22-14-16(6-11-21(22)32-24(25)26)12-13-27-23(30)17-7-9-18(10-8-17)29-15-28-19-4-2-3-5-20(19)29/h2-11,14-15,24H,12-13H2,1H3,(H,27,30). The molecule has 0 unspecified atom stereocenters. The van der Waals surface area contributed by atoms with Gasteiger partial charge in [0.1, 0.15) is 6.33 Å². The van der Waals surface area contributed by atoms with Gasteiger partial charge in [0, 0.05) is 17.8 Å². The smallest absolute Gasteiger partial charge is 0.387 e. The molecular formula is C24H21F2N3O3. The van der Waals surface area contributed by atoms with Gasteiger partial charge in [-0.05, 0) is 60.5 Å². The topological polar surface area (TPSA) is 65.4 Å². The van der Waals surface area contributed by atoms with Crippen LogP contribution in [0.3, 0.4) is 0 Å². The summed E-state index contributed by atoms with van der Waals surface area (Å²) in [4.78, 5) is 16.9. The molecule has 0 atom stereocenters. The monoisotopic (exact) mass is 437 g/mol. The van der Waals surface area contributed by atoms with E-state index in [1.165, 1.54) is 13.2 Å². The number of hydrogen-bond acceptors (Lipinski definition) is 4. The number of carbonyl (C=O) groups excluding carboxylic acids is 1. The van der Waals surface area contributed by atoms with E-state index in [1.54, 1.807) is 30.6 Å². The van der Waals surface area contributed by atoms with Gasteiger partial charge in [-0.25, -0.2) is 4.98 Å². The number of para-hydroxylation sites is 2. The molecule has 0 aliphatic rings. The number of alkyl halides is 2. The first-order chi connectivity index (χ1) is 15.5. The largest absolute Gasteiger partial charge is 0.493 e. The third-order valence-corrected chi connectivity index (χ3v) is 5.00. The summed E-state index contributed by atoms with van der Waals surface area (Å²) in [6.07, 6.45) is 2.27. The summed E-state index contributed by atoms with van der Waals surface area (Å²) in [6.45, 7) is -2.54. The number of nitrogens with zero attached hydrogens (tertiary/aromatic N) is 2. The second-order valence-corrected chi connectivity index (χ2v) is 7.02. The van der Waals surface area contributed by atoms with E-state index >= 15 is 0 Å². The highest BCUT2D eigenvalue weighted by atomic mass is 19.3. The van der Waals surface area contributed by atoms with Crippen molar-refractivity contribution in [3.8, 4) is 17.2 Å². The maximum atomic E-state index is 12.5. The molecule has 4 aromatic rings. The van der Waals surface area contributed by atoms with Gasteiger partial charge in [0.05, 0.1) is 18.1 Å². The van der Waals surface area contributed by atoms with Crippen LogP contribution >= 0.6 is 0 Å². The van der Waals surface area contributed by atoms with Crippen LogP contribution < -0.4 is 14.8 Å². The molecule has 1 N–H and O–H groups in total. The fraction of sp³-hybridized carbons (Fsp3) is 0.167. The zero-order valence-electron chi connectivity index (χ0n) is 17.3. The molecule has 0 saturated carbocycles. The van der Waals surface area contributed by atoms with Crippen molar-refractivity contribution in [2.24, 2.45) is 0 Å². The number of carbonyl (C=O) groups is 1. The van der Waals surface area contributed by atoms with Gasteiger partial charge in [-0.3, -0.25) is 9.36 Å². The van der Waals surface area contributed by atoms with Crippen LogP contribution in [0.4, 0.5) is 8.78 Å². The Bertz CT molecular complexity index is 1220. The van der Waals surface area contributed by atoms with Gasteiger partial charge in [0.15, 0.2) is 11.5 Å². The Kier molecular flexibility index (Phi) is 6.30. The minimum Gasteiger partial charge on any atom is -0.493 e. The van der Waals surface area contributed by atoms with Crippen molar-refractivity contribution in [3.05, 3.63) is 84.2 Å². The van der Waals surface area contributed by atoms with Gasteiger partial charge in [0.2, 0.25) is 0 Å². The molecule has 1 aromatic heterocycles. The average molecular weight is 437 g/mol. The summed E-state index contributed by atoms with van der Waals surface area (Å²) >= 11 is 0. The summed E-state index contributed by atoms with van der Waals surface area (Å²) in [7, 11) is 1.38. The first-order valence-electron chi connectivity index (χ1n) is 9.97. The molecule has 8 heteroatoms. The van der Waals surface area contributed by atoms with Gasteiger partial charge in [-0.15, -0.1) is 0 Å². The van der Waals surface area contributed by atoms with Crippen molar-refractivity contribution in [1.82, 2.24) is 14.9 Å². The first-order valence-corrected chi connectivity index (χ1v) is 9.97. The second-order valence-electron chi connectivity index (χ2n) is 7.02. The summed E-state index contributed by atoms with van der Waals surface area (Å²) in [5, 5.41) is 2.87. The van der Waals surface area contributed by atoms with E-state index in [0.29, 0.717) is 18.5 Å². The number of fused-ring (bicyclic) bond motifs is 1. The molecule has 0 aliphatic carbocycles. The summed E-state index contributed by atoms with van der Waals surface area (Å²) in [5.74, 6) is -0.00514. The quantitative estimate of drug-likeness (QED) is 0.437. The minimum atomic E-state index is -2.92. The van der Waals surface area contributed by atoms with Crippen LogP contribution in [0.25, 0.3) is 16.7 Å². The lowest BCUT2D eigenvalue weighted by molar-refractivity contribution is -0.0512. The Morgan fingerprint density at radius 3 is 2.59 bits per heavy atom. The molecule has 1 heterocycles. The Morgan fingerprint density at radius 2 is 1.84 bits per heavy atom. The molecule has 0 radical (unpaired) electrons. The van der Waals surface area contributed by atoms with Gasteiger partial charge >= 0.3 is 6.61 Å². The van der Waals surface area contributed by atoms with Gasteiger partial charge in [-0.1, -0.05) is 18.2 Å². The predicted molar refractivity (Wildman–Crippen MR) is 117 cm³/mol. The second kappa shape index (κ2) is 9.47. The molecule has 0 bridgehead atoms. The van der Waals surface area contributed by atoms with Crippen LogP contribution in [0.15, 0.2) is 73.1 Å². The van der Waals surface area contributed by atoms with E-state index in [0.717, 1.165) is 22.3 Å². The predicted octanol–water partition coefficient (Wildman–Crippen LogP) is 4.61. The highest BCUT2D eigenvalue weighted by Crippen LogP contribution is 2.29. The molecule has 0 saturated heterocycles. The molecule has 4 rings (SSSR count). The van der Waals surface area contributed by atoms with E-state index in [9.17, 15) is 13.6 Å². The molecule has 0 fully saturated rings. The lowest BCUT2D eigenvalue weighted by Crippen LogP contribution is -2.25. The fourth-order valence-corrected chi connectivity index (χ4v) is 3.42. The van der Waals surface area contributed by atoms with E-state index < -0.39 is 6.61 Å². The van der Waals surface area contributed by atoms with E-state index in [-0.39, 0.29) is 17.4 Å². The van der Waals surface area contributed by atoms with Crippen LogP contribution in [0.2, 0.25) is 0 Å². The van der Waals surface area contributed by atoms with Crippen LogP contribution in [-0.2, 0) is 6.42 Å². The minimum absolute atomic E-state index is 0.0268. The van der Waals surface area contributed by atoms with Crippen molar-refractivity contribution in [2.75, 3.05) is 13.7 Å². The van der Waals surface area contributed by atoms with Crippen molar-refractivity contribution in [3.63, 3.8) is 0 Å². The van der Waals surface area contributed by atoms with Crippen molar-refractivity contribution in [1.29, 1.82) is 0 Å². The Balaban J connectivity index is 1.36. The van der Waals surface area contributed by atoms with E-state index in [2.05, 4.69) is 15.0 Å². The third kappa shape index (κ3) is 4.69. The van der Waals surface area contributed by atoms with E-state index in [1.807, 2.05) is 41.0 Å². The fourth-order valence-electron chi connectivity index (χ4n) is 3.42. The molecule has 164 valence electrons. The number of nitrogens with one attached hydrogen (secondary N) is 1. The number of methoxy groups -OCH3 is 1. The van der Waals surface area contributed by atoms with Crippen molar-refractivity contribution < 1.29 is 23.0 Å². The van der Waals surface area contributed by atoms with Gasteiger partial charge in [-0.2, -0.15) is 8.78 Å². The molecular weight excluding hydrogens is 416 g/mol. The zero-order chi connectivity index (χ0) is 22.5. The highest BCUT2D eigenvalue weighted by molar-refractivity contribution is 5.94. The number of ether oxygens (including phenoxy) is 2. The molecule has 0 aliphatic heterocycles. The summed E-state index contributed by atoms with van der Waals surface area (Å²) < 4.78 is 36.4. The van der Waals surface area contributed by atoms with Crippen molar-refractivity contribution in [2.45, 2.75) is 13.0 Å². The van der Waals surface area contributed by atoms with E-state index in [4.69, 9.17) is 4.74 Å².